The van der Waals surface area contributed by atoms with Gasteiger partial charge in [-0.15, -0.1) is 0 Å². The summed E-state index contributed by atoms with van der Waals surface area (Å²) in [4.78, 5) is 24.5. The number of hydrogen-bond acceptors (Lipinski definition) is 3. The second-order valence-electron chi connectivity index (χ2n) is 4.54. The summed E-state index contributed by atoms with van der Waals surface area (Å²) in [5.74, 6) is -0.894. The molecule has 5 heteroatoms. The fraction of sp³-hybridized carbons (Fsp3) is 0.833. The first-order chi connectivity index (χ1) is 8.16. The predicted molar refractivity (Wildman–Crippen MR) is 64.5 cm³/mol. The molecule has 0 aromatic rings. The van der Waals surface area contributed by atoms with E-state index < -0.39 is 12.0 Å². The molecule has 1 fully saturated rings. The molecule has 0 aromatic carbocycles. The molecule has 0 bridgehead atoms. The van der Waals surface area contributed by atoms with E-state index in [0.717, 1.165) is 32.1 Å². The summed E-state index contributed by atoms with van der Waals surface area (Å²) in [7, 11) is 0. The zero-order chi connectivity index (χ0) is 12.7. The van der Waals surface area contributed by atoms with Crippen molar-refractivity contribution in [3.8, 4) is 0 Å². The lowest BCUT2D eigenvalue weighted by molar-refractivity contribution is -0.152. The van der Waals surface area contributed by atoms with Gasteiger partial charge in [0.15, 0.2) is 0 Å². The number of hydrogen-bond donors (Lipinski definition) is 2. The summed E-state index contributed by atoms with van der Waals surface area (Å²) in [6, 6.07) is -0.606. The molecule has 1 amide bonds. The van der Waals surface area contributed by atoms with Gasteiger partial charge in [0, 0.05) is 13.0 Å². The number of likely N-dealkylation sites (tertiary alicyclic amines) is 1. The highest BCUT2D eigenvalue weighted by Gasteiger charge is 2.31. The van der Waals surface area contributed by atoms with Crippen molar-refractivity contribution in [1.82, 2.24) is 4.90 Å². The first-order valence-corrected chi connectivity index (χ1v) is 6.39. The van der Waals surface area contributed by atoms with E-state index in [4.69, 9.17) is 10.8 Å². The van der Waals surface area contributed by atoms with E-state index in [1.807, 2.05) is 0 Å². The number of aliphatic carboxylic acids is 1. The van der Waals surface area contributed by atoms with Crippen LogP contribution in [0.4, 0.5) is 0 Å². The number of carboxylic acid groups (broad SMARTS) is 1. The van der Waals surface area contributed by atoms with Gasteiger partial charge in [-0.3, -0.25) is 4.79 Å². The summed E-state index contributed by atoms with van der Waals surface area (Å²) in [5, 5.41) is 9.06. The van der Waals surface area contributed by atoms with Crippen LogP contribution in [0.3, 0.4) is 0 Å². The molecule has 1 atom stereocenters. The molecule has 98 valence electrons. The molecule has 0 unspecified atom stereocenters. The number of nitrogens with two attached hydrogens (primary N) is 1. The number of amides is 1. The van der Waals surface area contributed by atoms with E-state index in [0.29, 0.717) is 25.9 Å². The van der Waals surface area contributed by atoms with Gasteiger partial charge >= 0.3 is 5.97 Å². The smallest absolute Gasteiger partial charge is 0.326 e. The van der Waals surface area contributed by atoms with E-state index >= 15 is 0 Å². The summed E-state index contributed by atoms with van der Waals surface area (Å²) < 4.78 is 0. The predicted octanol–water partition coefficient (Wildman–Crippen LogP) is 0.971. The largest absolute Gasteiger partial charge is 0.480 e. The topological polar surface area (TPSA) is 83.6 Å². The second kappa shape index (κ2) is 7.27. The molecule has 5 nitrogen and oxygen atoms in total. The van der Waals surface area contributed by atoms with Crippen LogP contribution in [0.15, 0.2) is 0 Å². The van der Waals surface area contributed by atoms with E-state index in [1.165, 1.54) is 4.90 Å². The minimum Gasteiger partial charge on any atom is -0.480 e. The molecule has 1 heterocycles. The molecule has 1 saturated heterocycles. The number of piperidine rings is 1. The van der Waals surface area contributed by atoms with Gasteiger partial charge < -0.3 is 15.7 Å². The summed E-state index contributed by atoms with van der Waals surface area (Å²) >= 11 is 0. The first kappa shape index (κ1) is 14.0. The third-order valence-corrected chi connectivity index (χ3v) is 3.20. The summed E-state index contributed by atoms with van der Waals surface area (Å²) in [6.45, 7) is 1.24. The Morgan fingerprint density at radius 3 is 2.65 bits per heavy atom. The van der Waals surface area contributed by atoms with Crippen molar-refractivity contribution in [1.29, 1.82) is 0 Å². The van der Waals surface area contributed by atoms with Crippen molar-refractivity contribution < 1.29 is 14.7 Å². The third-order valence-electron chi connectivity index (χ3n) is 3.20. The van der Waals surface area contributed by atoms with Gasteiger partial charge in [-0.05, 0) is 38.6 Å². The number of carbonyl (C=O) groups is 2. The van der Waals surface area contributed by atoms with E-state index in [1.54, 1.807) is 0 Å². The maximum absolute atomic E-state index is 11.9. The number of nitrogens with zero attached hydrogens (tertiary/aromatic N) is 1. The Bertz CT molecular complexity index is 268. The van der Waals surface area contributed by atoms with Gasteiger partial charge in [0.2, 0.25) is 5.91 Å². The lowest BCUT2D eigenvalue weighted by Crippen LogP contribution is -2.47. The first-order valence-electron chi connectivity index (χ1n) is 6.39. The summed E-state index contributed by atoms with van der Waals surface area (Å²) in [5.41, 5.74) is 5.38. The molecule has 0 spiro atoms. The van der Waals surface area contributed by atoms with Crippen LogP contribution in [0.5, 0.6) is 0 Å². The Morgan fingerprint density at radius 1 is 1.24 bits per heavy atom. The molecule has 17 heavy (non-hydrogen) atoms. The molecule has 0 aliphatic carbocycles. The average molecular weight is 242 g/mol. The Kier molecular flexibility index (Phi) is 5.97. The van der Waals surface area contributed by atoms with Crippen molar-refractivity contribution in [2.24, 2.45) is 5.73 Å². The third kappa shape index (κ3) is 4.34. The molecule has 3 N–H and O–H groups in total. The van der Waals surface area contributed by atoms with Crippen LogP contribution < -0.4 is 5.73 Å². The Balaban J connectivity index is 2.39. The van der Waals surface area contributed by atoms with E-state index in [9.17, 15) is 9.59 Å². The van der Waals surface area contributed by atoms with Gasteiger partial charge in [0.05, 0.1) is 0 Å². The molecule has 0 saturated carbocycles. The fourth-order valence-electron chi connectivity index (χ4n) is 2.23. The van der Waals surface area contributed by atoms with Crippen molar-refractivity contribution in [3.05, 3.63) is 0 Å². The highest BCUT2D eigenvalue weighted by molar-refractivity contribution is 5.83. The van der Waals surface area contributed by atoms with Gasteiger partial charge in [0.25, 0.3) is 0 Å². The fourth-order valence-corrected chi connectivity index (χ4v) is 2.23. The van der Waals surface area contributed by atoms with Crippen molar-refractivity contribution >= 4 is 11.9 Å². The highest BCUT2D eigenvalue weighted by Crippen LogP contribution is 2.19. The Labute approximate surface area is 102 Å². The van der Waals surface area contributed by atoms with Crippen molar-refractivity contribution in [2.75, 3.05) is 13.1 Å². The van der Waals surface area contributed by atoms with Crippen molar-refractivity contribution in [3.63, 3.8) is 0 Å². The zero-order valence-electron chi connectivity index (χ0n) is 10.2. The van der Waals surface area contributed by atoms with Crippen LogP contribution in [0.2, 0.25) is 0 Å². The van der Waals surface area contributed by atoms with Gasteiger partial charge in [-0.1, -0.05) is 6.42 Å². The maximum Gasteiger partial charge on any atom is 0.326 e. The van der Waals surface area contributed by atoms with Crippen LogP contribution in [0, 0.1) is 0 Å². The quantitative estimate of drug-likeness (QED) is 0.680. The molecule has 0 aromatic heterocycles. The van der Waals surface area contributed by atoms with Crippen LogP contribution in [0.25, 0.3) is 0 Å². The average Bonchev–Trinajstić information content (AvgIpc) is 2.34. The van der Waals surface area contributed by atoms with Crippen LogP contribution in [0.1, 0.15) is 44.9 Å². The number of rotatable bonds is 6. The number of unbranched alkanes of at least 4 members (excludes halogenated alkanes) is 2. The van der Waals surface area contributed by atoms with E-state index in [-0.39, 0.29) is 5.91 Å². The molecular weight excluding hydrogens is 220 g/mol. The Hall–Kier alpha value is -1.10. The number of carbonyl (C=O) groups excluding carboxylic acids is 1. The van der Waals surface area contributed by atoms with Gasteiger partial charge in [0.1, 0.15) is 6.04 Å². The minimum absolute atomic E-state index is 0.0193. The van der Waals surface area contributed by atoms with Crippen LogP contribution in [-0.2, 0) is 9.59 Å². The van der Waals surface area contributed by atoms with Gasteiger partial charge in [-0.2, -0.15) is 0 Å². The van der Waals surface area contributed by atoms with Gasteiger partial charge in [-0.25, -0.2) is 4.79 Å². The van der Waals surface area contributed by atoms with Crippen LogP contribution in [-0.4, -0.2) is 41.0 Å². The second-order valence-corrected chi connectivity index (χ2v) is 4.54. The molecule has 1 rings (SSSR count). The zero-order valence-corrected chi connectivity index (χ0v) is 10.2. The lowest BCUT2D eigenvalue weighted by Gasteiger charge is -2.33. The monoisotopic (exact) mass is 242 g/mol. The normalized spacial score (nSPS) is 20.3. The van der Waals surface area contributed by atoms with Crippen molar-refractivity contribution in [2.45, 2.75) is 51.0 Å². The maximum atomic E-state index is 11.9. The molecule has 1 aliphatic heterocycles. The minimum atomic E-state index is -0.875. The molecular formula is C12H22N2O3. The highest BCUT2D eigenvalue weighted by atomic mass is 16.4. The molecule has 1 aliphatic rings. The SMILES string of the molecule is NCCCCCC(=O)N1CCCC[C@@H]1C(=O)O. The Morgan fingerprint density at radius 2 is 2.00 bits per heavy atom. The standard InChI is InChI=1S/C12H22N2O3/c13-8-4-1-2-7-11(15)14-9-5-3-6-10(14)12(16)17/h10H,1-9,13H2,(H,16,17)/t10-/m1/s1. The number of carboxylic acids is 1. The van der Waals surface area contributed by atoms with E-state index in [2.05, 4.69) is 0 Å². The summed E-state index contributed by atoms with van der Waals surface area (Å²) in [6.07, 6.45) is 5.52. The lowest BCUT2D eigenvalue weighted by atomic mass is 10.0. The molecule has 0 radical (unpaired) electrons. The van der Waals surface area contributed by atoms with Crippen LogP contribution >= 0.6 is 0 Å².